The summed E-state index contributed by atoms with van der Waals surface area (Å²) < 4.78 is 5.85. The summed E-state index contributed by atoms with van der Waals surface area (Å²) in [5, 5.41) is 0.869. The summed E-state index contributed by atoms with van der Waals surface area (Å²) in [6.45, 7) is 3.20. The number of nitrogens with zero attached hydrogens (tertiary/aromatic N) is 3. The van der Waals surface area contributed by atoms with Gasteiger partial charge in [0.1, 0.15) is 6.10 Å². The number of aromatic nitrogens is 2. The largest absolute Gasteiger partial charge is 0.458 e. The molecule has 132 valence electrons. The fraction of sp³-hybridized carbons (Fsp3) is 0.389. The number of rotatable bonds is 4. The van der Waals surface area contributed by atoms with Gasteiger partial charge in [0.15, 0.2) is 0 Å². The van der Waals surface area contributed by atoms with E-state index in [1.165, 1.54) is 0 Å². The molecule has 1 aliphatic heterocycles. The average molecular weight is 380 g/mol. The van der Waals surface area contributed by atoms with Gasteiger partial charge in [-0.3, -0.25) is 4.79 Å². The zero-order valence-electron chi connectivity index (χ0n) is 13.9. The zero-order chi connectivity index (χ0) is 17.8. The van der Waals surface area contributed by atoms with Crippen LogP contribution in [-0.2, 0) is 6.42 Å². The van der Waals surface area contributed by atoms with E-state index in [4.69, 9.17) is 27.9 Å². The van der Waals surface area contributed by atoms with E-state index in [2.05, 4.69) is 9.97 Å². The SMILES string of the molecule is CCc1cnc(OC2CCCN(C(=O)c3ccc(Cl)cc3Cl)C2)nc1. The number of carbonyl (C=O) groups excluding carboxylic acids is 1. The Morgan fingerprint density at radius 1 is 1.32 bits per heavy atom. The highest BCUT2D eigenvalue weighted by Gasteiger charge is 2.27. The monoisotopic (exact) mass is 379 g/mol. The molecule has 0 radical (unpaired) electrons. The van der Waals surface area contributed by atoms with Crippen LogP contribution in [0.15, 0.2) is 30.6 Å². The van der Waals surface area contributed by atoms with E-state index in [0.717, 1.165) is 24.8 Å². The van der Waals surface area contributed by atoms with Gasteiger partial charge < -0.3 is 9.64 Å². The van der Waals surface area contributed by atoms with Gasteiger partial charge in [0.2, 0.25) is 0 Å². The highest BCUT2D eigenvalue weighted by molar-refractivity contribution is 6.36. The van der Waals surface area contributed by atoms with Gasteiger partial charge in [-0.1, -0.05) is 30.1 Å². The average Bonchev–Trinajstić information content (AvgIpc) is 2.62. The van der Waals surface area contributed by atoms with Crippen molar-refractivity contribution in [3.05, 3.63) is 51.8 Å². The van der Waals surface area contributed by atoms with Crippen LogP contribution in [-0.4, -0.2) is 40.0 Å². The van der Waals surface area contributed by atoms with Crippen molar-refractivity contribution in [3.63, 3.8) is 0 Å². The summed E-state index contributed by atoms with van der Waals surface area (Å²) in [4.78, 5) is 22.9. The van der Waals surface area contributed by atoms with Crippen LogP contribution in [0.4, 0.5) is 0 Å². The number of aryl methyl sites for hydroxylation is 1. The maximum Gasteiger partial charge on any atom is 0.316 e. The van der Waals surface area contributed by atoms with Crippen molar-refractivity contribution in [1.82, 2.24) is 14.9 Å². The van der Waals surface area contributed by atoms with E-state index in [-0.39, 0.29) is 12.0 Å². The molecule has 2 heterocycles. The van der Waals surface area contributed by atoms with Crippen LogP contribution in [0.3, 0.4) is 0 Å². The van der Waals surface area contributed by atoms with Gasteiger partial charge in [0.25, 0.3) is 5.91 Å². The zero-order valence-corrected chi connectivity index (χ0v) is 15.4. The molecule has 5 nitrogen and oxygen atoms in total. The van der Waals surface area contributed by atoms with Crippen molar-refractivity contribution in [3.8, 4) is 6.01 Å². The molecule has 1 unspecified atom stereocenters. The van der Waals surface area contributed by atoms with Gasteiger partial charge in [-0.2, -0.15) is 0 Å². The molecule has 1 saturated heterocycles. The lowest BCUT2D eigenvalue weighted by molar-refractivity contribution is 0.0516. The molecule has 0 saturated carbocycles. The molecule has 1 atom stereocenters. The van der Waals surface area contributed by atoms with Crippen LogP contribution >= 0.6 is 23.2 Å². The second kappa shape index (κ2) is 8.02. The smallest absolute Gasteiger partial charge is 0.316 e. The lowest BCUT2D eigenvalue weighted by Gasteiger charge is -2.32. The fourth-order valence-corrected chi connectivity index (χ4v) is 3.28. The molecule has 25 heavy (non-hydrogen) atoms. The van der Waals surface area contributed by atoms with Crippen LogP contribution in [0.25, 0.3) is 0 Å². The number of benzene rings is 1. The van der Waals surface area contributed by atoms with E-state index in [0.29, 0.717) is 34.7 Å². The highest BCUT2D eigenvalue weighted by atomic mass is 35.5. The van der Waals surface area contributed by atoms with Gasteiger partial charge in [-0.15, -0.1) is 0 Å². The number of amides is 1. The molecule has 0 spiro atoms. The third-order valence-corrected chi connectivity index (χ3v) is 4.74. The molecule has 2 aromatic rings. The normalized spacial score (nSPS) is 17.4. The van der Waals surface area contributed by atoms with Crippen molar-refractivity contribution in [2.75, 3.05) is 13.1 Å². The number of hydrogen-bond acceptors (Lipinski definition) is 4. The van der Waals surface area contributed by atoms with Gasteiger partial charge >= 0.3 is 6.01 Å². The van der Waals surface area contributed by atoms with Crippen LogP contribution in [0.5, 0.6) is 6.01 Å². The molecule has 0 aliphatic carbocycles. The van der Waals surface area contributed by atoms with Gasteiger partial charge in [-0.05, 0) is 43.0 Å². The molecular weight excluding hydrogens is 361 g/mol. The van der Waals surface area contributed by atoms with Gasteiger partial charge in [0.05, 0.1) is 17.1 Å². The summed E-state index contributed by atoms with van der Waals surface area (Å²) >= 11 is 12.1. The molecule has 0 N–H and O–H groups in total. The summed E-state index contributed by atoms with van der Waals surface area (Å²) in [5.74, 6) is -0.114. The maximum absolute atomic E-state index is 12.7. The summed E-state index contributed by atoms with van der Waals surface area (Å²) in [6.07, 6.45) is 6.00. The lowest BCUT2D eigenvalue weighted by Crippen LogP contribution is -2.44. The standard InChI is InChI=1S/C18H19Cl2N3O2/c1-2-12-9-21-18(22-10-12)25-14-4-3-7-23(11-14)17(24)15-6-5-13(19)8-16(15)20/h5-6,8-10,14H,2-4,7,11H2,1H3. The number of likely N-dealkylation sites (tertiary alicyclic amines) is 1. The Morgan fingerprint density at radius 2 is 2.08 bits per heavy atom. The first kappa shape index (κ1) is 18.0. The quantitative estimate of drug-likeness (QED) is 0.804. The Balaban J connectivity index is 1.66. The third-order valence-electron chi connectivity index (χ3n) is 4.19. The second-order valence-electron chi connectivity index (χ2n) is 5.98. The Bertz CT molecular complexity index is 752. The predicted octanol–water partition coefficient (Wildman–Crippen LogP) is 4.03. The molecule has 1 aromatic carbocycles. The molecule has 1 fully saturated rings. The van der Waals surface area contributed by atoms with Gasteiger partial charge in [-0.25, -0.2) is 9.97 Å². The second-order valence-corrected chi connectivity index (χ2v) is 6.83. The van der Waals surface area contributed by atoms with Crippen molar-refractivity contribution in [2.45, 2.75) is 32.3 Å². The van der Waals surface area contributed by atoms with Crippen molar-refractivity contribution in [1.29, 1.82) is 0 Å². The molecular formula is C18H19Cl2N3O2. The summed E-state index contributed by atoms with van der Waals surface area (Å²) in [7, 11) is 0. The van der Waals surface area contributed by atoms with Crippen molar-refractivity contribution in [2.24, 2.45) is 0 Å². The van der Waals surface area contributed by atoms with Crippen LogP contribution in [0.1, 0.15) is 35.7 Å². The minimum absolute atomic E-state index is 0.114. The van der Waals surface area contributed by atoms with Crippen LogP contribution in [0.2, 0.25) is 10.0 Å². The Kier molecular flexibility index (Phi) is 5.76. The molecule has 0 bridgehead atoms. The number of piperidine rings is 1. The minimum atomic E-state index is -0.128. The lowest BCUT2D eigenvalue weighted by atomic mass is 10.1. The minimum Gasteiger partial charge on any atom is -0.458 e. The number of halogens is 2. The molecule has 1 aliphatic rings. The Hall–Kier alpha value is -1.85. The van der Waals surface area contributed by atoms with Crippen LogP contribution in [0, 0.1) is 0 Å². The Morgan fingerprint density at radius 3 is 2.76 bits per heavy atom. The van der Waals surface area contributed by atoms with E-state index in [1.54, 1.807) is 35.5 Å². The van der Waals surface area contributed by atoms with E-state index in [9.17, 15) is 4.79 Å². The maximum atomic E-state index is 12.7. The number of carbonyl (C=O) groups is 1. The molecule has 1 amide bonds. The van der Waals surface area contributed by atoms with Crippen molar-refractivity contribution < 1.29 is 9.53 Å². The first-order valence-corrected chi connectivity index (χ1v) is 9.04. The van der Waals surface area contributed by atoms with E-state index < -0.39 is 0 Å². The number of ether oxygens (including phenoxy) is 1. The third kappa shape index (κ3) is 4.41. The molecule has 3 rings (SSSR count). The van der Waals surface area contributed by atoms with E-state index >= 15 is 0 Å². The number of hydrogen-bond donors (Lipinski definition) is 0. The fourth-order valence-electron chi connectivity index (χ4n) is 2.79. The predicted molar refractivity (Wildman–Crippen MR) is 97.4 cm³/mol. The van der Waals surface area contributed by atoms with E-state index in [1.807, 2.05) is 6.92 Å². The van der Waals surface area contributed by atoms with Crippen molar-refractivity contribution >= 4 is 29.1 Å². The highest BCUT2D eigenvalue weighted by Crippen LogP contribution is 2.24. The molecule has 1 aromatic heterocycles. The summed E-state index contributed by atoms with van der Waals surface area (Å²) in [5.41, 5.74) is 1.51. The first-order chi connectivity index (χ1) is 12.1. The summed E-state index contributed by atoms with van der Waals surface area (Å²) in [6, 6.07) is 5.25. The topological polar surface area (TPSA) is 55.3 Å². The van der Waals surface area contributed by atoms with Gasteiger partial charge in [0, 0.05) is 24.0 Å². The van der Waals surface area contributed by atoms with Crippen LogP contribution < -0.4 is 4.74 Å². The first-order valence-electron chi connectivity index (χ1n) is 8.28. The Labute approximate surface area is 156 Å². The molecule has 7 heteroatoms.